The molecule has 10 rings (SSSR count). The Morgan fingerprint density at radius 3 is 1.46 bits per heavy atom. The topological polar surface area (TPSA) is 60.9 Å². The molecule has 2 heterocycles. The van der Waals surface area contributed by atoms with E-state index >= 15 is 14.4 Å². The highest BCUT2D eigenvalue weighted by Gasteiger charge is 2.82. The number of anilines is 1. The van der Waals surface area contributed by atoms with Crippen molar-refractivity contribution < 1.29 is 14.4 Å². The molecule has 4 atom stereocenters. The van der Waals surface area contributed by atoms with Gasteiger partial charge < -0.3 is 4.90 Å². The van der Waals surface area contributed by atoms with Crippen molar-refractivity contribution in [1.29, 1.82) is 0 Å². The van der Waals surface area contributed by atoms with Gasteiger partial charge in [-0.25, -0.2) is 0 Å². The minimum Gasteiger partial charge on any atom is -0.369 e. The largest absolute Gasteiger partial charge is 0.369 e. The Hall–Kier alpha value is -5.30. The Morgan fingerprint density at radius 2 is 0.963 bits per heavy atom. The van der Waals surface area contributed by atoms with Gasteiger partial charge in [0.1, 0.15) is 0 Å². The molecule has 54 heavy (non-hydrogen) atoms. The van der Waals surface area contributed by atoms with E-state index in [1.807, 2.05) is 97.1 Å². The van der Waals surface area contributed by atoms with E-state index < -0.39 is 22.7 Å². The number of hydrogen-bond donors (Lipinski definition) is 0. The third-order valence-corrected chi connectivity index (χ3v) is 13.1. The molecule has 4 unspecified atom stereocenters. The van der Waals surface area contributed by atoms with Crippen LogP contribution in [0.5, 0.6) is 0 Å². The van der Waals surface area contributed by atoms with E-state index in [-0.39, 0.29) is 17.6 Å². The first-order valence-electron chi connectivity index (χ1n) is 19.2. The highest BCUT2D eigenvalue weighted by Crippen LogP contribution is 2.72. The summed E-state index contributed by atoms with van der Waals surface area (Å²) in [5, 5.41) is 4.77. The maximum absolute atomic E-state index is 16.0. The number of fused-ring (bicyclic) bond motifs is 13. The fraction of sp³-hybridized carbons (Fsp3) is 0.255. The maximum Gasteiger partial charge on any atom is 0.234 e. The number of nitrogens with zero attached hydrogens (tertiary/aromatic N) is 3. The number of halogens is 1. The second-order valence-corrected chi connectivity index (χ2v) is 15.8. The monoisotopic (exact) mass is 729 g/mol. The van der Waals surface area contributed by atoms with Gasteiger partial charge in [0.15, 0.2) is 5.78 Å². The molecule has 3 fully saturated rings. The average molecular weight is 730 g/mol. The maximum atomic E-state index is 16.0. The van der Waals surface area contributed by atoms with E-state index in [2.05, 4.69) is 46.2 Å². The number of imide groups is 1. The van der Waals surface area contributed by atoms with Gasteiger partial charge in [0.2, 0.25) is 11.8 Å². The lowest BCUT2D eigenvalue weighted by molar-refractivity contribution is -0.143. The molecule has 2 bridgehead atoms. The minimum atomic E-state index is -1.33. The first-order valence-corrected chi connectivity index (χ1v) is 19.5. The number of rotatable bonds is 8. The van der Waals surface area contributed by atoms with Gasteiger partial charge in [-0.1, -0.05) is 121 Å². The predicted molar refractivity (Wildman–Crippen MR) is 214 cm³/mol. The van der Waals surface area contributed by atoms with Crippen molar-refractivity contribution in [3.05, 3.63) is 161 Å². The van der Waals surface area contributed by atoms with Gasteiger partial charge in [0.05, 0.1) is 22.7 Å². The molecule has 1 saturated carbocycles. The second kappa shape index (κ2) is 12.6. The highest BCUT2D eigenvalue weighted by molar-refractivity contribution is 6.30. The normalized spacial score (nSPS) is 24.9. The molecule has 268 valence electrons. The SMILES string of the molecule is O=C1C2C(C(=O)N1CCCCN1CCN(c3ccc(Cl)cc3)CC1)C1(c3ccccc3)C(=O)C2(c2ccccc2)c2c1c1ccccc1c1ccccc21. The molecule has 7 heteroatoms. The fourth-order valence-corrected chi connectivity index (χ4v) is 10.8. The van der Waals surface area contributed by atoms with Crippen molar-refractivity contribution in [1.82, 2.24) is 9.80 Å². The molecule has 6 aromatic carbocycles. The first-order chi connectivity index (χ1) is 26.5. The van der Waals surface area contributed by atoms with E-state index in [1.54, 1.807) is 0 Å². The summed E-state index contributed by atoms with van der Waals surface area (Å²) in [5.41, 5.74) is 1.87. The number of benzene rings is 6. The van der Waals surface area contributed by atoms with Crippen molar-refractivity contribution >= 4 is 56.4 Å². The van der Waals surface area contributed by atoms with Gasteiger partial charge in [-0.3, -0.25) is 24.2 Å². The zero-order chi connectivity index (χ0) is 36.6. The van der Waals surface area contributed by atoms with Gasteiger partial charge in [-0.2, -0.15) is 0 Å². The second-order valence-electron chi connectivity index (χ2n) is 15.3. The van der Waals surface area contributed by atoms with E-state index in [0.717, 1.165) is 88.0 Å². The molecule has 2 amide bonds. The summed E-state index contributed by atoms with van der Waals surface area (Å²) in [6.45, 7) is 5.04. The van der Waals surface area contributed by atoms with Crippen molar-refractivity contribution in [3.8, 4) is 0 Å². The van der Waals surface area contributed by atoms with E-state index in [9.17, 15) is 0 Å². The number of hydrogen-bond acceptors (Lipinski definition) is 5. The number of carbonyl (C=O) groups excluding carboxylic acids is 3. The van der Waals surface area contributed by atoms with Crippen molar-refractivity contribution in [2.45, 2.75) is 23.7 Å². The average Bonchev–Trinajstić information content (AvgIpc) is 3.73. The molecule has 0 aromatic heterocycles. The fourth-order valence-electron chi connectivity index (χ4n) is 10.7. The number of carbonyl (C=O) groups is 3. The highest BCUT2D eigenvalue weighted by atomic mass is 35.5. The summed E-state index contributed by atoms with van der Waals surface area (Å²) in [4.78, 5) is 52.6. The van der Waals surface area contributed by atoms with Crippen LogP contribution in [0.25, 0.3) is 21.5 Å². The Balaban J connectivity index is 1.03. The number of Topliss-reactive ketones (excluding diaryl/α,β-unsaturated/α-hetero) is 1. The van der Waals surface area contributed by atoms with Crippen LogP contribution in [0.1, 0.15) is 35.1 Å². The Morgan fingerprint density at radius 1 is 0.519 bits per heavy atom. The smallest absolute Gasteiger partial charge is 0.234 e. The van der Waals surface area contributed by atoms with Crippen molar-refractivity contribution in [2.24, 2.45) is 11.8 Å². The molecule has 0 N–H and O–H groups in total. The van der Waals surface area contributed by atoms with E-state index in [1.165, 1.54) is 10.6 Å². The van der Waals surface area contributed by atoms with E-state index in [0.29, 0.717) is 13.0 Å². The van der Waals surface area contributed by atoms with Crippen LogP contribution in [-0.4, -0.2) is 66.7 Å². The van der Waals surface area contributed by atoms with Crippen LogP contribution >= 0.6 is 11.6 Å². The summed E-state index contributed by atoms with van der Waals surface area (Å²) >= 11 is 6.11. The summed E-state index contributed by atoms with van der Waals surface area (Å²) in [5.74, 6) is -2.20. The molecule has 6 aromatic rings. The van der Waals surface area contributed by atoms with Gasteiger partial charge in [0.25, 0.3) is 0 Å². The number of amides is 2. The first kappa shape index (κ1) is 33.3. The predicted octanol–water partition coefficient (Wildman–Crippen LogP) is 8.02. The van der Waals surface area contributed by atoms with E-state index in [4.69, 9.17) is 11.6 Å². The Bertz CT molecular complexity index is 2330. The standard InChI is InChI=1S/C47H40ClN3O3/c48-33-21-23-34(24-22-33)50-29-27-49(28-30-50)25-11-12-26-51-43(52)41-42(44(51)53)47(32-15-5-2-6-16-32)40-38-20-10-8-18-36(38)35-17-7-9-19-37(35)39(40)46(41,45(47)54)31-13-3-1-4-14-31/h1-10,13-24,41-42H,11-12,25-30H2. The zero-order valence-electron chi connectivity index (χ0n) is 30.0. The van der Waals surface area contributed by atoms with Crippen molar-refractivity contribution in [3.63, 3.8) is 0 Å². The van der Waals surface area contributed by atoms with Gasteiger partial charge in [-0.15, -0.1) is 0 Å². The summed E-state index contributed by atoms with van der Waals surface area (Å²) < 4.78 is 0. The summed E-state index contributed by atoms with van der Waals surface area (Å²) in [6, 6.07) is 44.2. The molecule has 0 radical (unpaired) electrons. The summed E-state index contributed by atoms with van der Waals surface area (Å²) in [7, 11) is 0. The molecule has 0 spiro atoms. The molecule has 2 aliphatic heterocycles. The summed E-state index contributed by atoms with van der Waals surface area (Å²) in [6.07, 6.45) is 1.58. The molecular weight excluding hydrogens is 690 g/mol. The molecule has 2 saturated heterocycles. The van der Waals surface area contributed by atoms with Crippen LogP contribution in [0, 0.1) is 11.8 Å². The number of likely N-dealkylation sites (tertiary alicyclic amines) is 1. The van der Waals surface area contributed by atoms with Gasteiger partial charge in [-0.05, 0) is 87.5 Å². The van der Waals surface area contributed by atoms with Crippen molar-refractivity contribution in [2.75, 3.05) is 44.2 Å². The zero-order valence-corrected chi connectivity index (χ0v) is 30.7. The number of unbranched alkanes of at least 4 members (excludes halogenated alkanes) is 1. The quantitative estimate of drug-likeness (QED) is 0.0903. The van der Waals surface area contributed by atoms with Crippen LogP contribution in [0.2, 0.25) is 5.02 Å². The van der Waals surface area contributed by atoms with Crippen LogP contribution in [0.15, 0.2) is 133 Å². The number of ketones is 1. The van der Waals surface area contributed by atoms with Crippen LogP contribution in [0.3, 0.4) is 0 Å². The molecule has 4 aliphatic rings. The minimum absolute atomic E-state index is 0.0574. The van der Waals surface area contributed by atoms with Gasteiger partial charge >= 0.3 is 0 Å². The molecular formula is C47H40ClN3O3. The van der Waals surface area contributed by atoms with Crippen LogP contribution in [0.4, 0.5) is 5.69 Å². The lowest BCUT2D eigenvalue weighted by Crippen LogP contribution is -2.47. The third kappa shape index (κ3) is 4.47. The van der Waals surface area contributed by atoms with Crippen LogP contribution < -0.4 is 4.90 Å². The lowest BCUT2D eigenvalue weighted by Gasteiger charge is -2.38. The number of piperazine rings is 1. The molecule has 6 nitrogen and oxygen atoms in total. The third-order valence-electron chi connectivity index (χ3n) is 12.9. The Kier molecular flexibility index (Phi) is 7.79. The van der Waals surface area contributed by atoms with Crippen LogP contribution in [-0.2, 0) is 25.2 Å². The Labute approximate surface area is 319 Å². The molecule has 2 aliphatic carbocycles. The van der Waals surface area contributed by atoms with Gasteiger partial charge in [0, 0.05) is 43.4 Å². The lowest BCUT2D eigenvalue weighted by atomic mass is 9.59.